The molecule has 0 bridgehead atoms. The number of aliphatic hydroxyl groups excluding tert-OH is 2. The molecule has 0 heterocycles. The van der Waals surface area contributed by atoms with E-state index < -0.39 is 29.6 Å². The molecule has 0 aliphatic heterocycles. The molecule has 6 rings (SSSR count). The summed E-state index contributed by atoms with van der Waals surface area (Å²) in [6.07, 6.45) is -1.97. The lowest BCUT2D eigenvalue weighted by Gasteiger charge is -2.33. The molecule has 0 saturated heterocycles. The minimum Gasteiger partial charge on any atom is -0.491 e. The molecule has 0 aliphatic rings. The number of benzene rings is 6. The van der Waals surface area contributed by atoms with Crippen LogP contribution in [-0.2, 0) is 34.0 Å². The molecule has 6 aromatic carbocycles. The molecule has 66 heavy (non-hydrogen) atoms. The van der Waals surface area contributed by atoms with E-state index in [1.165, 1.54) is 0 Å². The fraction of sp³-hybridized carbons (Fsp3) is 0.250. The number of carbonyl (C=O) groups excluding carboxylic acids is 2. The van der Waals surface area contributed by atoms with Gasteiger partial charge in [-0.05, 0) is 84.0 Å². The molecule has 0 amide bonds. The number of ether oxygens (including phenoxy) is 6. The number of aliphatic hydroxyl groups is 2. The van der Waals surface area contributed by atoms with E-state index in [1.54, 1.807) is 13.8 Å². The molecule has 0 spiro atoms. The summed E-state index contributed by atoms with van der Waals surface area (Å²) in [7, 11) is 0. The van der Waals surface area contributed by atoms with Gasteiger partial charge < -0.3 is 38.6 Å². The molecule has 0 aliphatic carbocycles. The van der Waals surface area contributed by atoms with Crippen LogP contribution < -0.4 is 9.47 Å². The quantitative estimate of drug-likeness (QED) is 0.0262. The van der Waals surface area contributed by atoms with E-state index in [0.717, 1.165) is 50.1 Å². The van der Waals surface area contributed by atoms with E-state index in [9.17, 15) is 19.8 Å². The first kappa shape index (κ1) is 48.6. The van der Waals surface area contributed by atoms with E-state index >= 15 is 0 Å². The highest BCUT2D eigenvalue weighted by molar-refractivity contribution is 5.87. The van der Waals surface area contributed by atoms with Crippen molar-refractivity contribution in [2.45, 2.75) is 38.4 Å². The third kappa shape index (κ3) is 13.1. The van der Waals surface area contributed by atoms with Crippen LogP contribution in [0.4, 0.5) is 0 Å². The molecular weight excluding hydrogens is 833 g/mol. The maximum absolute atomic E-state index is 11.7. The fourth-order valence-electron chi connectivity index (χ4n) is 7.29. The second-order valence-electron chi connectivity index (χ2n) is 16.1. The predicted octanol–water partition coefficient (Wildman–Crippen LogP) is 9.79. The van der Waals surface area contributed by atoms with Gasteiger partial charge >= 0.3 is 11.9 Å². The second-order valence-corrected chi connectivity index (χ2v) is 16.1. The van der Waals surface area contributed by atoms with Gasteiger partial charge in [0.2, 0.25) is 0 Å². The molecular formula is C56H58O10. The highest BCUT2D eigenvalue weighted by atomic mass is 16.6. The van der Waals surface area contributed by atoms with Crippen LogP contribution in [0.1, 0.15) is 37.5 Å². The Bertz CT molecular complexity index is 2390. The number of hydrogen-bond acceptors (Lipinski definition) is 10. The summed E-state index contributed by atoms with van der Waals surface area (Å²) in [6.45, 7) is 12.8. The van der Waals surface area contributed by atoms with Gasteiger partial charge in [0.15, 0.2) is 0 Å². The van der Waals surface area contributed by atoms with E-state index in [4.69, 9.17) is 28.4 Å². The lowest BCUT2D eigenvalue weighted by atomic mass is 9.70. The lowest BCUT2D eigenvalue weighted by molar-refractivity contribution is -0.143. The Balaban J connectivity index is 1.30. The average Bonchev–Trinajstić information content (AvgIpc) is 3.35. The molecule has 10 heteroatoms. The van der Waals surface area contributed by atoms with Crippen LogP contribution in [0.15, 0.2) is 176 Å². The monoisotopic (exact) mass is 890 g/mol. The van der Waals surface area contributed by atoms with Crippen LogP contribution in [-0.4, -0.2) is 87.2 Å². The van der Waals surface area contributed by atoms with Gasteiger partial charge in [-0.15, -0.1) is 0 Å². The van der Waals surface area contributed by atoms with Crippen molar-refractivity contribution in [3.8, 4) is 44.9 Å². The Morgan fingerprint density at radius 3 is 1.24 bits per heavy atom. The van der Waals surface area contributed by atoms with Gasteiger partial charge in [-0.25, -0.2) is 9.59 Å². The fourth-order valence-corrected chi connectivity index (χ4v) is 7.29. The zero-order chi connectivity index (χ0) is 46.9. The van der Waals surface area contributed by atoms with Crippen LogP contribution in [0.2, 0.25) is 0 Å². The molecule has 2 unspecified atom stereocenters. The molecule has 6 aromatic rings. The first-order valence-electron chi connectivity index (χ1n) is 21.9. The highest BCUT2D eigenvalue weighted by Crippen LogP contribution is 2.45. The van der Waals surface area contributed by atoms with Gasteiger partial charge in [-0.2, -0.15) is 0 Å². The van der Waals surface area contributed by atoms with E-state index in [2.05, 4.69) is 105 Å². The predicted molar refractivity (Wildman–Crippen MR) is 257 cm³/mol. The molecule has 0 aromatic heterocycles. The summed E-state index contributed by atoms with van der Waals surface area (Å²) >= 11 is 0. The van der Waals surface area contributed by atoms with Crippen molar-refractivity contribution in [1.82, 2.24) is 0 Å². The Kier molecular flexibility index (Phi) is 17.6. The maximum Gasteiger partial charge on any atom is 0.333 e. The van der Waals surface area contributed by atoms with Crippen LogP contribution in [0.25, 0.3) is 33.4 Å². The lowest BCUT2D eigenvalue weighted by Crippen LogP contribution is -2.26. The largest absolute Gasteiger partial charge is 0.491 e. The molecule has 0 radical (unpaired) electrons. The molecule has 10 nitrogen and oxygen atoms in total. The zero-order valence-electron chi connectivity index (χ0n) is 37.8. The van der Waals surface area contributed by atoms with Gasteiger partial charge in [0.05, 0.1) is 26.4 Å². The molecule has 0 fully saturated rings. The SMILES string of the molecule is C=C(C)C(=O)OCC(O)COCCOc1ccc(C(C)(c2ccc(-c3ccccc3)cc2)c2ccc(OCCOCC(O)COC(=O)C(=C)C)c(-c3ccccc3)c2)cc1-c1ccccc1. The Morgan fingerprint density at radius 1 is 0.485 bits per heavy atom. The van der Waals surface area contributed by atoms with Gasteiger partial charge in [0.1, 0.15) is 50.1 Å². The normalized spacial score (nSPS) is 12.9. The van der Waals surface area contributed by atoms with Crippen molar-refractivity contribution in [1.29, 1.82) is 0 Å². The minimum absolute atomic E-state index is 0.0260. The standard InChI is InChI=1S/C56H58O10/c1-39(2)54(59)65-37-48(57)35-61-29-31-63-52-27-25-46(33-50(52)43-17-11-7-12-18-43)56(5,45-23-21-42(22-24-45)41-15-9-6-10-16-41)47-26-28-53(51(34-47)44-19-13-8-14-20-44)64-32-30-62-36-49(58)38-66-55(60)40(3)4/h6-28,33-34,48-49,57-58H,1,3,29-32,35-38H2,2,4-5H3. The van der Waals surface area contributed by atoms with E-state index in [1.807, 2.05) is 66.7 Å². The summed E-state index contributed by atoms with van der Waals surface area (Å²) in [5, 5.41) is 20.5. The summed E-state index contributed by atoms with van der Waals surface area (Å²) in [5.74, 6) is 0.213. The topological polar surface area (TPSA) is 130 Å². The summed E-state index contributed by atoms with van der Waals surface area (Å²) in [5.41, 5.74) is 8.93. The van der Waals surface area contributed by atoms with E-state index in [-0.39, 0.29) is 64.0 Å². The smallest absolute Gasteiger partial charge is 0.333 e. The zero-order valence-corrected chi connectivity index (χ0v) is 37.8. The number of carbonyl (C=O) groups is 2. The molecule has 0 saturated carbocycles. The highest BCUT2D eigenvalue weighted by Gasteiger charge is 2.33. The molecule has 2 atom stereocenters. The van der Waals surface area contributed by atoms with Crippen LogP contribution in [0.5, 0.6) is 11.5 Å². The van der Waals surface area contributed by atoms with E-state index in [0.29, 0.717) is 11.5 Å². The average molecular weight is 891 g/mol. The number of hydrogen-bond donors (Lipinski definition) is 2. The summed E-state index contributed by atoms with van der Waals surface area (Å²) in [4.78, 5) is 23.4. The third-order valence-electron chi connectivity index (χ3n) is 11.0. The van der Waals surface area contributed by atoms with Gasteiger partial charge in [0, 0.05) is 27.7 Å². The van der Waals surface area contributed by atoms with Gasteiger partial charge in [-0.3, -0.25) is 0 Å². The number of esters is 2. The van der Waals surface area contributed by atoms with Crippen LogP contribution >= 0.6 is 0 Å². The van der Waals surface area contributed by atoms with Gasteiger partial charge in [0.25, 0.3) is 0 Å². The molecule has 2 N–H and O–H groups in total. The minimum atomic E-state index is -0.985. The Morgan fingerprint density at radius 2 is 0.848 bits per heavy atom. The van der Waals surface area contributed by atoms with Crippen LogP contribution in [0, 0.1) is 0 Å². The second kappa shape index (κ2) is 23.9. The van der Waals surface area contributed by atoms with Crippen molar-refractivity contribution >= 4 is 11.9 Å². The Labute approximate surface area is 387 Å². The van der Waals surface area contributed by atoms with Crippen LogP contribution in [0.3, 0.4) is 0 Å². The first-order valence-corrected chi connectivity index (χ1v) is 21.9. The maximum atomic E-state index is 11.7. The van der Waals surface area contributed by atoms with Crippen molar-refractivity contribution < 1.29 is 48.2 Å². The van der Waals surface area contributed by atoms with Crippen molar-refractivity contribution in [2.75, 3.05) is 52.9 Å². The number of rotatable bonds is 24. The Hall–Kier alpha value is -6.82. The van der Waals surface area contributed by atoms with Crippen molar-refractivity contribution in [3.05, 3.63) is 193 Å². The van der Waals surface area contributed by atoms with Crippen molar-refractivity contribution in [3.63, 3.8) is 0 Å². The molecule has 342 valence electrons. The van der Waals surface area contributed by atoms with Gasteiger partial charge in [-0.1, -0.05) is 141 Å². The summed E-state index contributed by atoms with van der Waals surface area (Å²) in [6, 6.07) is 51.8. The first-order chi connectivity index (χ1) is 31.9. The third-order valence-corrected chi connectivity index (χ3v) is 11.0. The summed E-state index contributed by atoms with van der Waals surface area (Å²) < 4.78 is 34.2. The van der Waals surface area contributed by atoms with Crippen molar-refractivity contribution in [2.24, 2.45) is 0 Å².